The molecule has 1 aliphatic rings. The fourth-order valence-electron chi connectivity index (χ4n) is 2.65. The van der Waals surface area contributed by atoms with Crippen LogP contribution in [0, 0.1) is 5.92 Å². The van der Waals surface area contributed by atoms with E-state index in [-0.39, 0.29) is 15.9 Å². The molecule has 24 heavy (non-hydrogen) atoms. The van der Waals surface area contributed by atoms with Crippen molar-refractivity contribution in [2.75, 3.05) is 13.1 Å². The van der Waals surface area contributed by atoms with Gasteiger partial charge < -0.3 is 0 Å². The lowest BCUT2D eigenvalue weighted by Gasteiger charge is -2.21. The summed E-state index contributed by atoms with van der Waals surface area (Å²) in [5, 5.41) is 0.0843. The minimum atomic E-state index is -3.72. The normalized spacial score (nSPS) is 15.3. The molecule has 0 atom stereocenters. The Labute approximate surface area is 139 Å². The molecule has 2 heterocycles. The molecule has 130 valence electrons. The third-order valence-electron chi connectivity index (χ3n) is 4.20. The molecule has 0 saturated heterocycles. The lowest BCUT2D eigenvalue weighted by atomic mass is 10.3. The van der Waals surface area contributed by atoms with Gasteiger partial charge in [0.15, 0.2) is 0 Å². The number of aryl methyl sites for hydroxylation is 1. The average Bonchev–Trinajstić information content (AvgIpc) is 3.36. The van der Waals surface area contributed by atoms with Gasteiger partial charge in [-0.15, -0.1) is 0 Å². The maximum Gasteiger partial charge on any atom is 0.329 e. The summed E-state index contributed by atoms with van der Waals surface area (Å²) in [6.45, 7) is 2.85. The molecule has 1 fully saturated rings. The summed E-state index contributed by atoms with van der Waals surface area (Å²) in [7, 11) is -2.25. The Morgan fingerprint density at radius 2 is 2.08 bits per heavy atom. The Bertz CT molecular complexity index is 989. The lowest BCUT2D eigenvalue weighted by molar-refractivity contribution is 0.395. The van der Waals surface area contributed by atoms with Crippen molar-refractivity contribution < 1.29 is 8.42 Å². The molecule has 0 spiro atoms. The van der Waals surface area contributed by atoms with Crippen molar-refractivity contribution in [1.82, 2.24) is 18.8 Å². The molecular weight excluding hydrogens is 332 g/mol. The van der Waals surface area contributed by atoms with Gasteiger partial charge in [0, 0.05) is 26.3 Å². The van der Waals surface area contributed by atoms with Gasteiger partial charge in [0.25, 0.3) is 5.56 Å². The van der Waals surface area contributed by atoms with Gasteiger partial charge in [-0.2, -0.15) is 4.31 Å². The van der Waals surface area contributed by atoms with Crippen LogP contribution in [0.3, 0.4) is 0 Å². The van der Waals surface area contributed by atoms with Crippen molar-refractivity contribution in [2.24, 2.45) is 13.0 Å². The zero-order chi connectivity index (χ0) is 17.5. The average molecular weight is 352 g/mol. The number of fused-ring (bicyclic) bond motifs is 1. The number of rotatable bonds is 6. The van der Waals surface area contributed by atoms with Crippen LogP contribution in [-0.2, 0) is 17.1 Å². The van der Waals surface area contributed by atoms with Crippen molar-refractivity contribution in [3.8, 4) is 0 Å². The number of sulfonamides is 1. The second-order valence-electron chi connectivity index (χ2n) is 6.17. The van der Waals surface area contributed by atoms with Crippen LogP contribution in [0.2, 0.25) is 0 Å². The maximum atomic E-state index is 12.9. The van der Waals surface area contributed by atoms with Crippen LogP contribution in [0.4, 0.5) is 0 Å². The van der Waals surface area contributed by atoms with E-state index in [2.05, 4.69) is 9.97 Å². The highest BCUT2D eigenvalue weighted by molar-refractivity contribution is 7.89. The number of hydrogen-bond acceptors (Lipinski definition) is 5. The van der Waals surface area contributed by atoms with Crippen molar-refractivity contribution >= 4 is 21.1 Å². The summed E-state index contributed by atoms with van der Waals surface area (Å²) in [4.78, 5) is 29.8. The van der Waals surface area contributed by atoms with E-state index in [1.54, 1.807) is 0 Å². The third-order valence-corrected chi connectivity index (χ3v) is 6.03. The van der Waals surface area contributed by atoms with Crippen molar-refractivity contribution in [2.45, 2.75) is 31.1 Å². The predicted molar refractivity (Wildman–Crippen MR) is 89.4 cm³/mol. The fourth-order valence-corrected chi connectivity index (χ4v) is 4.24. The van der Waals surface area contributed by atoms with Crippen molar-refractivity contribution in [3.05, 3.63) is 33.1 Å². The Hall–Kier alpha value is -2.00. The molecule has 1 saturated carbocycles. The van der Waals surface area contributed by atoms with Crippen LogP contribution in [0.5, 0.6) is 0 Å². The lowest BCUT2D eigenvalue weighted by Crippen LogP contribution is -2.34. The Morgan fingerprint density at radius 1 is 1.38 bits per heavy atom. The number of aromatic amines is 1. The third kappa shape index (κ3) is 3.01. The van der Waals surface area contributed by atoms with Gasteiger partial charge in [0.2, 0.25) is 10.0 Å². The zero-order valence-corrected chi connectivity index (χ0v) is 14.5. The zero-order valence-electron chi connectivity index (χ0n) is 13.7. The van der Waals surface area contributed by atoms with E-state index in [4.69, 9.17) is 0 Å². The second kappa shape index (κ2) is 6.14. The fraction of sp³-hybridized carbons (Fsp3) is 0.533. The summed E-state index contributed by atoms with van der Waals surface area (Å²) in [6.07, 6.45) is 4.02. The molecule has 0 radical (unpaired) electrons. The van der Waals surface area contributed by atoms with Crippen LogP contribution in [0.15, 0.2) is 26.7 Å². The topological polar surface area (TPSA) is 105 Å². The summed E-state index contributed by atoms with van der Waals surface area (Å²) in [5.74, 6) is 0.420. The summed E-state index contributed by atoms with van der Waals surface area (Å²) in [5.41, 5.74) is -1.06. The number of aromatic nitrogens is 3. The largest absolute Gasteiger partial charge is 0.329 e. The Morgan fingerprint density at radius 3 is 2.71 bits per heavy atom. The number of H-pyrrole nitrogens is 1. The quantitative estimate of drug-likeness (QED) is 0.812. The molecule has 0 amide bonds. The van der Waals surface area contributed by atoms with E-state index in [0.29, 0.717) is 25.4 Å². The van der Waals surface area contributed by atoms with Crippen molar-refractivity contribution in [3.63, 3.8) is 0 Å². The van der Waals surface area contributed by atoms with E-state index in [1.165, 1.54) is 28.2 Å². The number of nitrogens with zero attached hydrogens (tertiary/aromatic N) is 3. The molecule has 0 unspecified atom stereocenters. The molecule has 0 aliphatic heterocycles. The molecule has 0 aromatic carbocycles. The first-order chi connectivity index (χ1) is 11.3. The molecule has 2 aromatic rings. The van der Waals surface area contributed by atoms with E-state index >= 15 is 0 Å². The van der Waals surface area contributed by atoms with Crippen LogP contribution in [0.1, 0.15) is 26.2 Å². The van der Waals surface area contributed by atoms with Crippen LogP contribution >= 0.6 is 0 Å². The highest BCUT2D eigenvalue weighted by Gasteiger charge is 2.31. The summed E-state index contributed by atoms with van der Waals surface area (Å²) >= 11 is 0. The molecule has 8 nitrogen and oxygen atoms in total. The highest BCUT2D eigenvalue weighted by atomic mass is 32.2. The van der Waals surface area contributed by atoms with Crippen molar-refractivity contribution in [1.29, 1.82) is 0 Å². The minimum absolute atomic E-state index is 0.0201. The Balaban J connectivity index is 2.10. The van der Waals surface area contributed by atoms with Gasteiger partial charge in [-0.1, -0.05) is 6.92 Å². The minimum Gasteiger partial charge on any atom is -0.281 e. The van der Waals surface area contributed by atoms with Gasteiger partial charge in [0.05, 0.1) is 5.39 Å². The summed E-state index contributed by atoms with van der Waals surface area (Å²) < 4.78 is 28.4. The van der Waals surface area contributed by atoms with E-state index in [9.17, 15) is 18.0 Å². The molecular formula is C15H20N4O4S. The molecule has 2 aromatic heterocycles. The number of pyridine rings is 1. The molecule has 3 rings (SSSR count). The number of hydrogen-bond donors (Lipinski definition) is 1. The van der Waals surface area contributed by atoms with Gasteiger partial charge in [0.1, 0.15) is 10.5 Å². The summed E-state index contributed by atoms with van der Waals surface area (Å²) in [6, 6.07) is 1.30. The molecule has 9 heteroatoms. The Kier molecular flexibility index (Phi) is 4.31. The van der Waals surface area contributed by atoms with Gasteiger partial charge in [-0.05, 0) is 31.2 Å². The van der Waals surface area contributed by atoms with Crippen LogP contribution in [-0.4, -0.2) is 40.3 Å². The SMILES string of the molecule is CCCN(CC1CC1)S(=O)(=O)c1cnc2c(c1)c(=O)[nH]c(=O)n2C. The monoisotopic (exact) mass is 352 g/mol. The van der Waals surface area contributed by atoms with Crippen LogP contribution in [0.25, 0.3) is 11.0 Å². The van der Waals surface area contributed by atoms with E-state index in [0.717, 1.165) is 12.8 Å². The number of nitrogens with one attached hydrogen (secondary N) is 1. The second-order valence-corrected chi connectivity index (χ2v) is 8.10. The van der Waals surface area contributed by atoms with Gasteiger partial charge in [-0.25, -0.2) is 18.2 Å². The molecule has 1 aliphatic carbocycles. The first-order valence-electron chi connectivity index (χ1n) is 7.93. The molecule has 0 bridgehead atoms. The van der Waals surface area contributed by atoms with Gasteiger partial charge >= 0.3 is 5.69 Å². The van der Waals surface area contributed by atoms with Crippen LogP contribution < -0.4 is 11.2 Å². The molecule has 1 N–H and O–H groups in total. The van der Waals surface area contributed by atoms with E-state index in [1.807, 2.05) is 6.92 Å². The van der Waals surface area contributed by atoms with Gasteiger partial charge in [-0.3, -0.25) is 14.3 Å². The maximum absolute atomic E-state index is 12.9. The first-order valence-corrected chi connectivity index (χ1v) is 9.37. The predicted octanol–water partition coefficient (Wildman–Crippen LogP) is 0.432. The smallest absolute Gasteiger partial charge is 0.281 e. The highest BCUT2D eigenvalue weighted by Crippen LogP contribution is 2.31. The van der Waals surface area contributed by atoms with E-state index < -0.39 is 21.3 Å². The standard InChI is InChI=1S/C15H20N4O4S/c1-3-6-19(9-10-4-5-10)24(22,23)11-7-12-13(16-8-11)18(2)15(21)17-14(12)20/h7-8,10H,3-6,9H2,1-2H3,(H,17,20,21). The first kappa shape index (κ1) is 16.8.